The smallest absolute Gasteiger partial charge is 0.870 e. The van der Waals surface area contributed by atoms with Crippen LogP contribution in [-0.2, 0) is 9.47 Å². The zero-order valence-electron chi connectivity index (χ0n) is 19.4. The molecule has 0 aliphatic carbocycles. The number of H-pyrrole nitrogens is 1. The van der Waals surface area contributed by atoms with E-state index in [1.165, 1.54) is 10.7 Å². The summed E-state index contributed by atoms with van der Waals surface area (Å²) in [6, 6.07) is 0. The van der Waals surface area contributed by atoms with Crippen LogP contribution in [0.1, 0.15) is 49.2 Å². The predicted octanol–water partition coefficient (Wildman–Crippen LogP) is 0.117. The number of fused-ring (bicyclic) bond motifs is 2. The summed E-state index contributed by atoms with van der Waals surface area (Å²) in [4.78, 5) is 26.6. The second kappa shape index (κ2) is 13.4. The number of nitrogens with zero attached hydrogens (tertiary/aromatic N) is 7. The Morgan fingerprint density at radius 1 is 0.833 bits per heavy atom. The third-order valence-corrected chi connectivity index (χ3v) is 6.53. The monoisotopic (exact) mass is 582 g/mol. The summed E-state index contributed by atoms with van der Waals surface area (Å²) in [6.45, 7) is 2.95. The molecule has 0 spiro atoms. The molecule has 2 fully saturated rings. The van der Waals surface area contributed by atoms with Gasteiger partial charge in [-0.15, -0.1) is 10.2 Å². The van der Waals surface area contributed by atoms with E-state index in [4.69, 9.17) is 44.3 Å². The number of imidazole rings is 2. The average molecular weight is 584 g/mol. The molecule has 0 unspecified atom stereocenters. The van der Waals surface area contributed by atoms with Crippen molar-refractivity contribution in [3.05, 3.63) is 50.1 Å². The zero-order valence-corrected chi connectivity index (χ0v) is 24.8. The Hall–Kier alpha value is -0.714. The van der Waals surface area contributed by atoms with Crippen molar-refractivity contribution >= 4 is 45.8 Å². The van der Waals surface area contributed by atoms with Crippen molar-refractivity contribution in [1.29, 1.82) is 0 Å². The number of hydrogen-bond donors (Lipinski definition) is 1. The van der Waals surface area contributed by atoms with Crippen molar-refractivity contribution in [2.75, 3.05) is 26.4 Å². The van der Waals surface area contributed by atoms with E-state index in [-0.39, 0.29) is 78.9 Å². The van der Waals surface area contributed by atoms with Gasteiger partial charge in [-0.25, -0.2) is 24.0 Å². The van der Waals surface area contributed by atoms with Gasteiger partial charge in [-0.05, 0) is 48.9 Å². The summed E-state index contributed by atoms with van der Waals surface area (Å²) in [6.07, 6.45) is 6.89. The standard InChI is InChI=1S/C10H10Cl2N4O.C10H11ClN4O2.K.H2O/c11-8-7-5-13-9(6-1-3-17-4-2-6)16(7)15-10(12)14-8;11-10-13-9(16)7-5-12-8(15(7)14-10)6-1-3-17-4-2-6;;/h5-6H,1-4H2;5-6H,1-4H2,(H,13,14,16);;1H2/q;;+1;/p-1. The molecular weight excluding hydrogens is 562 g/mol. The molecule has 36 heavy (non-hydrogen) atoms. The van der Waals surface area contributed by atoms with Crippen molar-refractivity contribution in [2.45, 2.75) is 37.5 Å². The Balaban J connectivity index is 0.000000190. The molecule has 4 aromatic heterocycles. The number of nitrogens with one attached hydrogen (secondary N) is 1. The SMILES string of the molecule is Clc1nc(Cl)c2cnc(C3CCOCC3)n2n1.O=c1[nH]c(Cl)nn2c(C3CCOCC3)ncc12.[K+].[OH-]. The molecule has 16 heteroatoms. The molecule has 4 aromatic rings. The number of rotatable bonds is 2. The Kier molecular flexibility index (Phi) is 11.1. The Bertz CT molecular complexity index is 1370. The maximum Gasteiger partial charge on any atom is 1.00 e. The number of ether oxygens (including phenoxy) is 2. The molecule has 2 N–H and O–H groups in total. The summed E-state index contributed by atoms with van der Waals surface area (Å²) < 4.78 is 13.9. The number of halogens is 3. The molecule has 0 bridgehead atoms. The van der Waals surface area contributed by atoms with Crippen LogP contribution in [0.5, 0.6) is 0 Å². The normalized spacial score (nSPS) is 16.8. The van der Waals surface area contributed by atoms with E-state index in [2.05, 4.69) is 30.1 Å². The molecule has 6 heterocycles. The van der Waals surface area contributed by atoms with Crippen LogP contribution in [0, 0.1) is 0 Å². The minimum Gasteiger partial charge on any atom is -0.870 e. The molecule has 0 aromatic carbocycles. The van der Waals surface area contributed by atoms with Gasteiger partial charge in [0.15, 0.2) is 10.7 Å². The summed E-state index contributed by atoms with van der Waals surface area (Å²) in [5.41, 5.74) is 0.851. The molecule has 12 nitrogen and oxygen atoms in total. The predicted molar refractivity (Wildman–Crippen MR) is 127 cm³/mol. The molecule has 0 amide bonds. The number of aromatic amines is 1. The molecule has 2 aliphatic rings. The van der Waals surface area contributed by atoms with E-state index in [1.54, 1.807) is 10.7 Å². The van der Waals surface area contributed by atoms with Gasteiger partial charge in [-0.3, -0.25) is 9.78 Å². The molecule has 0 saturated carbocycles. The molecule has 0 radical (unpaired) electrons. The first-order valence-electron chi connectivity index (χ1n) is 10.9. The van der Waals surface area contributed by atoms with Gasteiger partial charge in [0.2, 0.25) is 10.6 Å². The van der Waals surface area contributed by atoms with E-state index < -0.39 is 0 Å². The van der Waals surface area contributed by atoms with Crippen LogP contribution in [0.25, 0.3) is 11.0 Å². The van der Waals surface area contributed by atoms with E-state index in [0.717, 1.165) is 63.8 Å². The Labute approximate surface area is 262 Å². The Morgan fingerprint density at radius 2 is 1.33 bits per heavy atom. The Morgan fingerprint density at radius 3 is 1.89 bits per heavy atom. The largest absolute Gasteiger partial charge is 1.00 e. The van der Waals surface area contributed by atoms with Gasteiger partial charge < -0.3 is 14.9 Å². The fourth-order valence-corrected chi connectivity index (χ4v) is 4.78. The van der Waals surface area contributed by atoms with Crippen LogP contribution in [0.2, 0.25) is 15.7 Å². The molecule has 188 valence electrons. The van der Waals surface area contributed by atoms with Crippen LogP contribution < -0.4 is 56.9 Å². The first kappa shape index (κ1) is 29.8. The number of hydrogen-bond acceptors (Lipinski definition) is 9. The second-order valence-corrected chi connectivity index (χ2v) is 9.07. The van der Waals surface area contributed by atoms with E-state index in [1.807, 2.05) is 0 Å². The van der Waals surface area contributed by atoms with Gasteiger partial charge in [-0.2, -0.15) is 0 Å². The average Bonchev–Trinajstić information content (AvgIpc) is 3.45. The van der Waals surface area contributed by atoms with Crippen molar-refractivity contribution in [3.63, 3.8) is 0 Å². The molecule has 0 atom stereocenters. The molecule has 6 rings (SSSR count). The third-order valence-electron chi connectivity index (χ3n) is 5.92. The van der Waals surface area contributed by atoms with Crippen molar-refractivity contribution in [1.82, 2.24) is 39.2 Å². The van der Waals surface area contributed by atoms with Crippen molar-refractivity contribution < 1.29 is 66.3 Å². The maximum absolute atomic E-state index is 11.6. The van der Waals surface area contributed by atoms with Crippen molar-refractivity contribution in [2.24, 2.45) is 0 Å². The second-order valence-electron chi connectivity index (χ2n) is 8.02. The summed E-state index contributed by atoms with van der Waals surface area (Å²) in [5.74, 6) is 2.29. The van der Waals surface area contributed by atoms with Crippen LogP contribution in [-0.4, -0.2) is 71.1 Å². The van der Waals surface area contributed by atoms with Gasteiger partial charge >= 0.3 is 51.4 Å². The number of aromatic nitrogens is 8. The minimum atomic E-state index is -0.268. The molecule has 2 saturated heterocycles. The van der Waals surface area contributed by atoms with Gasteiger partial charge in [0.05, 0.1) is 12.4 Å². The van der Waals surface area contributed by atoms with Crippen LogP contribution in [0.15, 0.2) is 17.2 Å². The first-order chi connectivity index (χ1) is 16.5. The van der Waals surface area contributed by atoms with E-state index >= 15 is 0 Å². The van der Waals surface area contributed by atoms with Gasteiger partial charge in [0.1, 0.15) is 17.2 Å². The fraction of sp³-hybridized carbons (Fsp3) is 0.500. The fourth-order valence-electron chi connectivity index (χ4n) is 4.21. The minimum absolute atomic E-state index is 0. The van der Waals surface area contributed by atoms with Crippen molar-refractivity contribution in [3.8, 4) is 0 Å². The summed E-state index contributed by atoms with van der Waals surface area (Å²) in [5, 5.41) is 8.79. The molecular formula is C20H22Cl3KN8O4. The quantitative estimate of drug-likeness (QED) is 0.324. The van der Waals surface area contributed by atoms with Crippen LogP contribution in [0.3, 0.4) is 0 Å². The zero-order chi connectivity index (χ0) is 23.7. The van der Waals surface area contributed by atoms with E-state index in [0.29, 0.717) is 22.1 Å². The summed E-state index contributed by atoms with van der Waals surface area (Å²) in [7, 11) is 0. The van der Waals surface area contributed by atoms with Gasteiger partial charge in [-0.1, -0.05) is 11.6 Å². The summed E-state index contributed by atoms with van der Waals surface area (Å²) >= 11 is 17.6. The maximum atomic E-state index is 11.6. The van der Waals surface area contributed by atoms with E-state index in [9.17, 15) is 4.79 Å². The van der Waals surface area contributed by atoms with Gasteiger partial charge in [0, 0.05) is 38.3 Å². The third kappa shape index (κ3) is 6.46. The van der Waals surface area contributed by atoms with Gasteiger partial charge in [0.25, 0.3) is 5.56 Å². The first-order valence-corrected chi connectivity index (χ1v) is 12.0. The van der Waals surface area contributed by atoms with Crippen LogP contribution in [0.4, 0.5) is 0 Å². The van der Waals surface area contributed by atoms with Crippen LogP contribution >= 0.6 is 34.8 Å². The molecule has 2 aliphatic heterocycles. The topological polar surface area (TPSA) is 155 Å².